The summed E-state index contributed by atoms with van der Waals surface area (Å²) in [6.07, 6.45) is 3.13. The van der Waals surface area contributed by atoms with E-state index in [0.29, 0.717) is 11.3 Å². The molecular formula is C17H17F2NO. The summed E-state index contributed by atoms with van der Waals surface area (Å²) in [5.41, 5.74) is 8.95. The van der Waals surface area contributed by atoms with Crippen LogP contribution in [0.15, 0.2) is 36.4 Å². The maximum Gasteiger partial charge on any atom is 0.126 e. The average Bonchev–Trinajstić information content (AvgIpc) is 2.45. The molecule has 1 aliphatic rings. The zero-order valence-corrected chi connectivity index (χ0v) is 11.6. The molecule has 0 saturated heterocycles. The van der Waals surface area contributed by atoms with Crippen molar-refractivity contribution in [3.8, 4) is 5.75 Å². The van der Waals surface area contributed by atoms with Crippen LogP contribution < -0.4 is 10.5 Å². The maximum atomic E-state index is 13.1. The minimum absolute atomic E-state index is 0.0453. The van der Waals surface area contributed by atoms with E-state index in [1.165, 1.54) is 17.7 Å². The predicted octanol–water partition coefficient (Wildman–Crippen LogP) is 3.88. The third-order valence-electron chi connectivity index (χ3n) is 3.81. The van der Waals surface area contributed by atoms with Gasteiger partial charge in [0.15, 0.2) is 0 Å². The molecule has 0 saturated carbocycles. The highest BCUT2D eigenvalue weighted by atomic mass is 19.1. The van der Waals surface area contributed by atoms with Gasteiger partial charge in [0.05, 0.1) is 0 Å². The van der Waals surface area contributed by atoms with Crippen molar-refractivity contribution >= 4 is 0 Å². The predicted molar refractivity (Wildman–Crippen MR) is 77.0 cm³/mol. The molecule has 1 atom stereocenters. The molecule has 0 radical (unpaired) electrons. The largest absolute Gasteiger partial charge is 0.489 e. The Morgan fingerprint density at radius 2 is 1.86 bits per heavy atom. The highest BCUT2D eigenvalue weighted by Crippen LogP contribution is 2.31. The number of aryl methyl sites for hydroxylation is 1. The van der Waals surface area contributed by atoms with E-state index in [4.69, 9.17) is 10.5 Å². The Bertz CT molecular complexity index is 637. The van der Waals surface area contributed by atoms with Crippen molar-refractivity contribution in [2.45, 2.75) is 31.9 Å². The minimum Gasteiger partial charge on any atom is -0.489 e. The fourth-order valence-corrected chi connectivity index (χ4v) is 2.76. The molecule has 0 spiro atoms. The molecular weight excluding hydrogens is 272 g/mol. The van der Waals surface area contributed by atoms with Crippen LogP contribution >= 0.6 is 0 Å². The molecule has 0 aromatic heterocycles. The fraction of sp³-hybridized carbons (Fsp3) is 0.294. The van der Waals surface area contributed by atoms with E-state index in [1.807, 2.05) is 18.2 Å². The van der Waals surface area contributed by atoms with Crippen LogP contribution in [0.2, 0.25) is 0 Å². The summed E-state index contributed by atoms with van der Waals surface area (Å²) in [5, 5.41) is 0. The van der Waals surface area contributed by atoms with Crippen LogP contribution in [0.3, 0.4) is 0 Å². The van der Waals surface area contributed by atoms with Gasteiger partial charge in [0, 0.05) is 12.1 Å². The number of rotatable bonds is 3. The lowest BCUT2D eigenvalue weighted by atomic mass is 9.88. The van der Waals surface area contributed by atoms with Gasteiger partial charge in [0.1, 0.15) is 24.0 Å². The highest BCUT2D eigenvalue weighted by molar-refractivity contribution is 5.39. The van der Waals surface area contributed by atoms with Crippen molar-refractivity contribution in [1.82, 2.24) is 0 Å². The van der Waals surface area contributed by atoms with Crippen LogP contribution in [-0.4, -0.2) is 0 Å². The Balaban J connectivity index is 1.75. The molecule has 2 N–H and O–H groups in total. The maximum absolute atomic E-state index is 13.1. The van der Waals surface area contributed by atoms with Crippen LogP contribution in [0, 0.1) is 11.6 Å². The summed E-state index contributed by atoms with van der Waals surface area (Å²) in [6, 6.07) is 9.28. The van der Waals surface area contributed by atoms with E-state index in [2.05, 4.69) is 0 Å². The molecule has 0 aliphatic heterocycles. The Morgan fingerprint density at radius 3 is 2.62 bits per heavy atom. The van der Waals surface area contributed by atoms with Gasteiger partial charge in [-0.3, -0.25) is 0 Å². The van der Waals surface area contributed by atoms with Crippen LogP contribution in [0.1, 0.15) is 35.6 Å². The van der Waals surface area contributed by atoms with Gasteiger partial charge in [0.25, 0.3) is 0 Å². The SMILES string of the molecule is N[C@@H]1CCCc2ccc(OCc3cc(F)cc(F)c3)cc21. The molecule has 0 unspecified atom stereocenters. The first kappa shape index (κ1) is 14.0. The zero-order chi connectivity index (χ0) is 14.8. The Hall–Kier alpha value is -1.94. The van der Waals surface area contributed by atoms with E-state index in [1.54, 1.807) is 0 Å². The fourth-order valence-electron chi connectivity index (χ4n) is 2.76. The highest BCUT2D eigenvalue weighted by Gasteiger charge is 2.17. The van der Waals surface area contributed by atoms with Gasteiger partial charge in [0.2, 0.25) is 0 Å². The summed E-state index contributed by atoms with van der Waals surface area (Å²) >= 11 is 0. The smallest absolute Gasteiger partial charge is 0.126 e. The van der Waals surface area contributed by atoms with Crippen molar-refractivity contribution in [3.05, 3.63) is 64.7 Å². The van der Waals surface area contributed by atoms with Crippen LogP contribution in [0.4, 0.5) is 8.78 Å². The second kappa shape index (κ2) is 5.82. The molecule has 0 heterocycles. The number of halogens is 2. The molecule has 1 aliphatic carbocycles. The van der Waals surface area contributed by atoms with Gasteiger partial charge in [-0.05, 0) is 60.2 Å². The summed E-state index contributed by atoms with van der Waals surface area (Å²) in [7, 11) is 0. The summed E-state index contributed by atoms with van der Waals surface area (Å²) in [5.74, 6) is -0.516. The van der Waals surface area contributed by atoms with Crippen molar-refractivity contribution in [2.24, 2.45) is 5.73 Å². The molecule has 21 heavy (non-hydrogen) atoms. The van der Waals surface area contributed by atoms with Gasteiger partial charge in [-0.25, -0.2) is 8.78 Å². The van der Waals surface area contributed by atoms with E-state index in [-0.39, 0.29) is 12.6 Å². The monoisotopic (exact) mass is 289 g/mol. The molecule has 2 nitrogen and oxygen atoms in total. The van der Waals surface area contributed by atoms with Gasteiger partial charge >= 0.3 is 0 Å². The lowest BCUT2D eigenvalue weighted by Gasteiger charge is -2.22. The first-order chi connectivity index (χ1) is 10.1. The number of fused-ring (bicyclic) bond motifs is 1. The third kappa shape index (κ3) is 3.22. The van der Waals surface area contributed by atoms with E-state index in [0.717, 1.165) is 30.9 Å². The van der Waals surface area contributed by atoms with Gasteiger partial charge in [-0.1, -0.05) is 6.07 Å². The lowest BCUT2D eigenvalue weighted by molar-refractivity contribution is 0.304. The first-order valence-electron chi connectivity index (χ1n) is 7.08. The zero-order valence-electron chi connectivity index (χ0n) is 11.6. The number of hydrogen-bond donors (Lipinski definition) is 1. The summed E-state index contributed by atoms with van der Waals surface area (Å²) in [6.45, 7) is 0.128. The molecule has 4 heteroatoms. The molecule has 3 rings (SSSR count). The average molecular weight is 289 g/mol. The summed E-state index contributed by atoms with van der Waals surface area (Å²) in [4.78, 5) is 0. The quantitative estimate of drug-likeness (QED) is 0.930. The van der Waals surface area contributed by atoms with Crippen molar-refractivity contribution in [3.63, 3.8) is 0 Å². The second-order valence-corrected chi connectivity index (χ2v) is 5.43. The molecule has 2 aromatic rings. The van der Waals surface area contributed by atoms with Crippen LogP contribution in [0.5, 0.6) is 5.75 Å². The van der Waals surface area contributed by atoms with Crippen molar-refractivity contribution in [1.29, 1.82) is 0 Å². The van der Waals surface area contributed by atoms with Crippen LogP contribution in [0.25, 0.3) is 0 Å². The van der Waals surface area contributed by atoms with E-state index >= 15 is 0 Å². The topological polar surface area (TPSA) is 35.2 Å². The lowest BCUT2D eigenvalue weighted by Crippen LogP contribution is -2.17. The minimum atomic E-state index is -0.596. The van der Waals surface area contributed by atoms with E-state index < -0.39 is 11.6 Å². The normalized spacial score (nSPS) is 17.4. The Labute approximate surface area is 122 Å². The second-order valence-electron chi connectivity index (χ2n) is 5.43. The van der Waals surface area contributed by atoms with Crippen molar-refractivity contribution < 1.29 is 13.5 Å². The van der Waals surface area contributed by atoms with Crippen molar-refractivity contribution in [2.75, 3.05) is 0 Å². The molecule has 0 amide bonds. The molecule has 0 fully saturated rings. The molecule has 0 bridgehead atoms. The number of benzene rings is 2. The third-order valence-corrected chi connectivity index (χ3v) is 3.81. The van der Waals surface area contributed by atoms with Gasteiger partial charge in [-0.2, -0.15) is 0 Å². The van der Waals surface area contributed by atoms with Gasteiger partial charge in [-0.15, -0.1) is 0 Å². The standard InChI is InChI=1S/C17H17F2NO/c18-13-6-11(7-14(19)8-13)10-21-15-5-4-12-2-1-3-17(20)16(12)9-15/h4-9,17H,1-3,10,20H2/t17-/m1/s1. The Kier molecular flexibility index (Phi) is 3.88. The number of hydrogen-bond acceptors (Lipinski definition) is 2. The summed E-state index contributed by atoms with van der Waals surface area (Å²) < 4.78 is 31.9. The van der Waals surface area contributed by atoms with Crippen LogP contribution in [-0.2, 0) is 13.0 Å². The van der Waals surface area contributed by atoms with E-state index in [9.17, 15) is 8.78 Å². The molecule has 110 valence electrons. The van der Waals surface area contributed by atoms with Gasteiger partial charge < -0.3 is 10.5 Å². The molecule has 2 aromatic carbocycles. The number of ether oxygens (including phenoxy) is 1. The first-order valence-corrected chi connectivity index (χ1v) is 7.08. The Morgan fingerprint density at radius 1 is 1.10 bits per heavy atom. The number of nitrogens with two attached hydrogens (primary N) is 1.